The Morgan fingerprint density at radius 1 is 1.38 bits per heavy atom. The molecule has 2 aromatic rings. The van der Waals surface area contributed by atoms with Gasteiger partial charge in [-0.15, -0.1) is 0 Å². The van der Waals surface area contributed by atoms with Crippen LogP contribution in [0.1, 0.15) is 31.4 Å². The lowest BCUT2D eigenvalue weighted by molar-refractivity contribution is -0.671. The summed E-state index contributed by atoms with van der Waals surface area (Å²) in [5, 5.41) is 0. The van der Waals surface area contributed by atoms with E-state index < -0.39 is 0 Å². The molecular weight excluding hydrogens is 260 g/mol. The first-order valence-corrected chi connectivity index (χ1v) is 7.51. The number of imidazole rings is 1. The van der Waals surface area contributed by atoms with E-state index in [1.165, 1.54) is 5.56 Å². The fourth-order valence-electron chi connectivity index (χ4n) is 2.37. The average Bonchev–Trinajstić information content (AvgIpc) is 2.85. The quantitative estimate of drug-likeness (QED) is 0.713. The van der Waals surface area contributed by atoms with E-state index in [2.05, 4.69) is 52.6 Å². The number of aromatic nitrogens is 2. The van der Waals surface area contributed by atoms with Gasteiger partial charge in [-0.2, -0.15) is 0 Å². The Bertz CT molecular complexity index is 599. The van der Waals surface area contributed by atoms with Crippen LogP contribution >= 0.6 is 0 Å². The summed E-state index contributed by atoms with van der Waals surface area (Å²) in [6, 6.07) is 6.39. The number of benzene rings is 1. The zero-order chi connectivity index (χ0) is 15.2. The highest BCUT2D eigenvalue weighted by Gasteiger charge is 2.06. The van der Waals surface area contributed by atoms with Crippen LogP contribution in [0.2, 0.25) is 0 Å². The number of hydrogen-bond donors (Lipinski definition) is 0. The molecule has 0 amide bonds. The van der Waals surface area contributed by atoms with E-state index in [0.717, 1.165) is 30.7 Å². The number of rotatable bonds is 7. The third kappa shape index (κ3) is 4.48. The molecule has 0 bridgehead atoms. The second-order valence-electron chi connectivity index (χ2n) is 5.66. The third-order valence-corrected chi connectivity index (χ3v) is 3.36. The van der Waals surface area contributed by atoms with Crippen LogP contribution in [0.4, 0.5) is 0 Å². The van der Waals surface area contributed by atoms with Crippen LogP contribution in [0.15, 0.2) is 43.5 Å². The molecule has 0 saturated heterocycles. The van der Waals surface area contributed by atoms with Crippen molar-refractivity contribution in [2.75, 3.05) is 0 Å². The summed E-state index contributed by atoms with van der Waals surface area (Å²) in [4.78, 5) is 0. The van der Waals surface area contributed by atoms with E-state index in [1.807, 2.05) is 27.0 Å². The van der Waals surface area contributed by atoms with Crippen LogP contribution in [0.3, 0.4) is 0 Å². The van der Waals surface area contributed by atoms with Crippen LogP contribution in [-0.4, -0.2) is 10.7 Å². The highest BCUT2D eigenvalue weighted by Crippen LogP contribution is 2.23. The summed E-state index contributed by atoms with van der Waals surface area (Å²) in [5.41, 5.74) is 2.41. The first kappa shape index (κ1) is 15.4. The van der Waals surface area contributed by atoms with Gasteiger partial charge >= 0.3 is 0 Å². The molecule has 0 N–H and O–H groups in total. The lowest BCUT2D eigenvalue weighted by Gasteiger charge is -2.13. The molecule has 112 valence electrons. The molecule has 0 fully saturated rings. The van der Waals surface area contributed by atoms with Gasteiger partial charge in [0.25, 0.3) is 0 Å². The lowest BCUT2D eigenvalue weighted by Crippen LogP contribution is -2.23. The molecule has 1 heterocycles. The van der Waals surface area contributed by atoms with Crippen molar-refractivity contribution in [3.63, 3.8) is 0 Å². The van der Waals surface area contributed by atoms with Crippen molar-refractivity contribution in [2.24, 2.45) is 7.05 Å². The van der Waals surface area contributed by atoms with Gasteiger partial charge < -0.3 is 4.74 Å². The van der Waals surface area contributed by atoms with Gasteiger partial charge in [-0.05, 0) is 44.4 Å². The molecule has 0 radical (unpaired) electrons. The standard InChI is InChI=1S/C18H25N2O/c1-5-17-13-16(8-9-18(17)21-15(2)3)7-6-10-20-12-11-19(4)14-20/h5,8-9,11-15H,1,6-7,10H2,2-4H3/q+1. The Morgan fingerprint density at radius 3 is 2.81 bits per heavy atom. The highest BCUT2D eigenvalue weighted by atomic mass is 16.5. The molecule has 3 heteroatoms. The maximum absolute atomic E-state index is 5.79. The van der Waals surface area contributed by atoms with Gasteiger partial charge in [0.05, 0.1) is 19.7 Å². The first-order valence-electron chi connectivity index (χ1n) is 7.51. The van der Waals surface area contributed by atoms with E-state index in [0.29, 0.717) is 0 Å². The van der Waals surface area contributed by atoms with Gasteiger partial charge in [0.2, 0.25) is 6.33 Å². The van der Waals surface area contributed by atoms with Crippen molar-refractivity contribution < 1.29 is 9.30 Å². The average molecular weight is 285 g/mol. The Labute approximate surface area is 127 Å². The van der Waals surface area contributed by atoms with Gasteiger partial charge in [-0.3, -0.25) is 0 Å². The van der Waals surface area contributed by atoms with Crippen molar-refractivity contribution in [1.29, 1.82) is 0 Å². The zero-order valence-corrected chi connectivity index (χ0v) is 13.2. The SMILES string of the molecule is C=Cc1cc(CCCn2cc[n+](C)c2)ccc1OC(C)C. The molecule has 0 unspecified atom stereocenters. The zero-order valence-electron chi connectivity index (χ0n) is 13.2. The molecule has 21 heavy (non-hydrogen) atoms. The topological polar surface area (TPSA) is 18.0 Å². The van der Waals surface area contributed by atoms with Crippen molar-refractivity contribution in [3.8, 4) is 5.75 Å². The number of hydrogen-bond acceptors (Lipinski definition) is 1. The summed E-state index contributed by atoms with van der Waals surface area (Å²) >= 11 is 0. The molecule has 0 atom stereocenters. The van der Waals surface area contributed by atoms with Crippen LogP contribution < -0.4 is 9.30 Å². The van der Waals surface area contributed by atoms with Gasteiger partial charge in [0.15, 0.2) is 0 Å². The molecule has 0 aliphatic rings. The second-order valence-corrected chi connectivity index (χ2v) is 5.66. The molecule has 0 spiro atoms. The molecule has 0 aliphatic carbocycles. The molecule has 1 aromatic carbocycles. The Hall–Kier alpha value is -2.03. The fraction of sp³-hybridized carbons (Fsp3) is 0.389. The van der Waals surface area contributed by atoms with E-state index in [4.69, 9.17) is 4.74 Å². The molecule has 3 nitrogen and oxygen atoms in total. The van der Waals surface area contributed by atoms with Crippen molar-refractivity contribution >= 4 is 6.08 Å². The van der Waals surface area contributed by atoms with E-state index >= 15 is 0 Å². The Balaban J connectivity index is 1.95. The summed E-state index contributed by atoms with van der Waals surface area (Å²) in [5.74, 6) is 0.918. The maximum atomic E-state index is 5.79. The number of nitrogens with zero attached hydrogens (tertiary/aromatic N) is 2. The number of aryl methyl sites for hydroxylation is 3. The summed E-state index contributed by atoms with van der Waals surface area (Å²) < 4.78 is 10.1. The van der Waals surface area contributed by atoms with Crippen LogP contribution in [0.5, 0.6) is 5.75 Å². The molecular formula is C18H25N2O+. The largest absolute Gasteiger partial charge is 0.490 e. The minimum atomic E-state index is 0.184. The minimum Gasteiger partial charge on any atom is -0.490 e. The maximum Gasteiger partial charge on any atom is 0.243 e. The molecule has 0 saturated carbocycles. The minimum absolute atomic E-state index is 0.184. The first-order chi connectivity index (χ1) is 10.1. The van der Waals surface area contributed by atoms with Gasteiger partial charge in [0.1, 0.15) is 18.1 Å². The Morgan fingerprint density at radius 2 is 2.19 bits per heavy atom. The summed E-state index contributed by atoms with van der Waals surface area (Å²) in [6.45, 7) is 9.00. The van der Waals surface area contributed by atoms with E-state index in [1.54, 1.807) is 0 Å². The normalized spacial score (nSPS) is 10.9. The van der Waals surface area contributed by atoms with Crippen molar-refractivity contribution in [2.45, 2.75) is 39.3 Å². The Kier molecular flexibility index (Phi) is 5.20. The van der Waals surface area contributed by atoms with E-state index in [-0.39, 0.29) is 6.10 Å². The van der Waals surface area contributed by atoms with Gasteiger partial charge in [0, 0.05) is 5.56 Å². The van der Waals surface area contributed by atoms with Crippen LogP contribution in [0, 0.1) is 0 Å². The van der Waals surface area contributed by atoms with Gasteiger partial charge in [-0.1, -0.05) is 18.7 Å². The summed E-state index contributed by atoms with van der Waals surface area (Å²) in [7, 11) is 2.04. The van der Waals surface area contributed by atoms with Gasteiger partial charge in [-0.25, -0.2) is 9.13 Å². The van der Waals surface area contributed by atoms with Crippen LogP contribution in [0.25, 0.3) is 6.08 Å². The smallest absolute Gasteiger partial charge is 0.243 e. The van der Waals surface area contributed by atoms with Crippen molar-refractivity contribution in [1.82, 2.24) is 4.57 Å². The lowest BCUT2D eigenvalue weighted by atomic mass is 10.1. The molecule has 1 aromatic heterocycles. The predicted octanol–water partition coefficient (Wildman–Crippen LogP) is 3.38. The third-order valence-electron chi connectivity index (χ3n) is 3.36. The van der Waals surface area contributed by atoms with E-state index in [9.17, 15) is 0 Å². The van der Waals surface area contributed by atoms with Crippen molar-refractivity contribution in [3.05, 3.63) is 54.6 Å². The summed E-state index contributed by atoms with van der Waals surface area (Å²) in [6.07, 6.45) is 10.5. The molecule has 2 rings (SSSR count). The van der Waals surface area contributed by atoms with Crippen LogP contribution in [-0.2, 0) is 20.0 Å². The number of ether oxygens (including phenoxy) is 1. The monoisotopic (exact) mass is 285 g/mol. The second kappa shape index (κ2) is 7.11. The predicted molar refractivity (Wildman–Crippen MR) is 86.2 cm³/mol. The molecule has 0 aliphatic heterocycles. The fourth-order valence-corrected chi connectivity index (χ4v) is 2.37. The highest BCUT2D eigenvalue weighted by molar-refractivity contribution is 5.57.